The molecule has 0 bridgehead atoms. The first-order valence-electron chi connectivity index (χ1n) is 6.80. The standard InChI is InChI=1S/C16H26O2/c1-16(2,3)15(11-7-8-12-17)18-13-14-9-5-4-6-10-14/h4-6,9-10,15,17H,7-8,11-13H2,1-3H3. The molecule has 0 fully saturated rings. The van der Waals surface area contributed by atoms with E-state index in [1.807, 2.05) is 18.2 Å². The Morgan fingerprint density at radius 2 is 1.78 bits per heavy atom. The molecule has 1 N–H and O–H groups in total. The predicted molar refractivity (Wildman–Crippen MR) is 75.4 cm³/mol. The first-order chi connectivity index (χ1) is 8.54. The first-order valence-corrected chi connectivity index (χ1v) is 6.80. The average molecular weight is 250 g/mol. The molecule has 2 heteroatoms. The summed E-state index contributed by atoms with van der Waals surface area (Å²) in [6.07, 6.45) is 3.13. The monoisotopic (exact) mass is 250 g/mol. The van der Waals surface area contributed by atoms with Crippen molar-refractivity contribution in [3.8, 4) is 0 Å². The summed E-state index contributed by atoms with van der Waals surface area (Å²) in [5, 5.41) is 8.85. The van der Waals surface area contributed by atoms with Crippen molar-refractivity contribution >= 4 is 0 Å². The molecule has 1 rings (SSSR count). The quantitative estimate of drug-likeness (QED) is 0.746. The molecule has 0 saturated heterocycles. The highest BCUT2D eigenvalue weighted by Crippen LogP contribution is 2.27. The second-order valence-electron chi connectivity index (χ2n) is 5.87. The Balaban J connectivity index is 2.46. The van der Waals surface area contributed by atoms with Crippen LogP contribution in [-0.4, -0.2) is 17.8 Å². The molecule has 0 radical (unpaired) electrons. The van der Waals surface area contributed by atoms with E-state index >= 15 is 0 Å². The largest absolute Gasteiger partial charge is 0.396 e. The van der Waals surface area contributed by atoms with Gasteiger partial charge in [0.1, 0.15) is 0 Å². The molecule has 1 aromatic carbocycles. The minimum Gasteiger partial charge on any atom is -0.396 e. The molecule has 0 aliphatic carbocycles. The average Bonchev–Trinajstić information content (AvgIpc) is 2.33. The molecule has 0 saturated carbocycles. The van der Waals surface area contributed by atoms with Crippen LogP contribution in [0, 0.1) is 5.41 Å². The molecule has 0 aliphatic heterocycles. The number of benzene rings is 1. The fourth-order valence-electron chi connectivity index (χ4n) is 1.98. The van der Waals surface area contributed by atoms with Gasteiger partial charge in [0.15, 0.2) is 0 Å². The summed E-state index contributed by atoms with van der Waals surface area (Å²) in [4.78, 5) is 0. The van der Waals surface area contributed by atoms with Crippen molar-refractivity contribution < 1.29 is 9.84 Å². The maximum Gasteiger partial charge on any atom is 0.0720 e. The number of ether oxygens (including phenoxy) is 1. The summed E-state index contributed by atoms with van der Waals surface area (Å²) in [7, 11) is 0. The van der Waals surface area contributed by atoms with Crippen LogP contribution in [0.3, 0.4) is 0 Å². The van der Waals surface area contributed by atoms with Crippen molar-refractivity contribution in [1.29, 1.82) is 0 Å². The van der Waals surface area contributed by atoms with Gasteiger partial charge in [-0.2, -0.15) is 0 Å². The van der Waals surface area contributed by atoms with Crippen molar-refractivity contribution in [2.24, 2.45) is 5.41 Å². The lowest BCUT2D eigenvalue weighted by Crippen LogP contribution is -2.29. The molecule has 102 valence electrons. The maximum atomic E-state index is 8.85. The van der Waals surface area contributed by atoms with Crippen molar-refractivity contribution in [2.45, 2.75) is 52.7 Å². The summed E-state index contributed by atoms with van der Waals surface area (Å²) in [6, 6.07) is 10.3. The lowest BCUT2D eigenvalue weighted by atomic mass is 9.86. The molecule has 1 aromatic rings. The van der Waals surface area contributed by atoms with Gasteiger partial charge in [-0.3, -0.25) is 0 Å². The van der Waals surface area contributed by atoms with Crippen molar-refractivity contribution in [3.05, 3.63) is 35.9 Å². The van der Waals surface area contributed by atoms with Crippen molar-refractivity contribution in [3.63, 3.8) is 0 Å². The third kappa shape index (κ3) is 5.65. The Bertz CT molecular complexity index is 314. The van der Waals surface area contributed by atoms with Crippen LogP contribution < -0.4 is 0 Å². The SMILES string of the molecule is CC(C)(C)C(CCCCO)OCc1ccccc1. The molecule has 0 amide bonds. The summed E-state index contributed by atoms with van der Waals surface area (Å²) >= 11 is 0. The minimum atomic E-state index is 0.143. The van der Waals surface area contributed by atoms with Gasteiger partial charge in [-0.1, -0.05) is 51.1 Å². The molecule has 2 nitrogen and oxygen atoms in total. The molecule has 0 aliphatic rings. The van der Waals surface area contributed by atoms with Crippen LogP contribution in [0.15, 0.2) is 30.3 Å². The molecular weight excluding hydrogens is 224 g/mol. The zero-order chi connectivity index (χ0) is 13.4. The van der Waals surface area contributed by atoms with Gasteiger partial charge in [0.25, 0.3) is 0 Å². The van der Waals surface area contributed by atoms with Gasteiger partial charge < -0.3 is 9.84 Å². The summed E-state index contributed by atoms with van der Waals surface area (Å²) in [6.45, 7) is 7.57. The van der Waals surface area contributed by atoms with Crippen molar-refractivity contribution in [2.75, 3.05) is 6.61 Å². The van der Waals surface area contributed by atoms with E-state index in [2.05, 4.69) is 32.9 Å². The van der Waals surface area contributed by atoms with Gasteiger partial charge in [0, 0.05) is 6.61 Å². The van der Waals surface area contributed by atoms with Crippen LogP contribution in [0.4, 0.5) is 0 Å². The Kier molecular flexibility index (Phi) is 6.37. The molecule has 0 heterocycles. The highest BCUT2D eigenvalue weighted by Gasteiger charge is 2.24. The van der Waals surface area contributed by atoms with Gasteiger partial charge in [-0.05, 0) is 30.2 Å². The Morgan fingerprint density at radius 3 is 2.33 bits per heavy atom. The van der Waals surface area contributed by atoms with Gasteiger partial charge in [-0.15, -0.1) is 0 Å². The lowest BCUT2D eigenvalue weighted by molar-refractivity contribution is -0.0346. The molecule has 1 unspecified atom stereocenters. The Morgan fingerprint density at radius 1 is 1.11 bits per heavy atom. The zero-order valence-electron chi connectivity index (χ0n) is 11.9. The summed E-state index contributed by atoms with van der Waals surface area (Å²) in [5.74, 6) is 0. The molecule has 0 aromatic heterocycles. The van der Waals surface area contributed by atoms with E-state index in [1.165, 1.54) is 5.56 Å². The van der Waals surface area contributed by atoms with E-state index in [1.54, 1.807) is 0 Å². The summed E-state index contributed by atoms with van der Waals surface area (Å²) < 4.78 is 6.06. The van der Waals surface area contributed by atoms with E-state index in [0.29, 0.717) is 6.61 Å². The van der Waals surface area contributed by atoms with E-state index in [0.717, 1.165) is 19.3 Å². The van der Waals surface area contributed by atoms with Crippen LogP contribution >= 0.6 is 0 Å². The number of unbranched alkanes of at least 4 members (excludes halogenated alkanes) is 1. The lowest BCUT2D eigenvalue weighted by Gasteiger charge is -2.31. The molecule has 18 heavy (non-hydrogen) atoms. The van der Waals surface area contributed by atoms with Gasteiger partial charge >= 0.3 is 0 Å². The molecule has 0 spiro atoms. The van der Waals surface area contributed by atoms with Crippen LogP contribution in [0.1, 0.15) is 45.6 Å². The minimum absolute atomic E-state index is 0.143. The Hall–Kier alpha value is -0.860. The first kappa shape index (κ1) is 15.2. The van der Waals surface area contributed by atoms with Gasteiger partial charge in [-0.25, -0.2) is 0 Å². The highest BCUT2D eigenvalue weighted by atomic mass is 16.5. The fraction of sp³-hybridized carbons (Fsp3) is 0.625. The molecular formula is C16H26O2. The van der Waals surface area contributed by atoms with E-state index in [-0.39, 0.29) is 18.1 Å². The normalized spacial score (nSPS) is 13.6. The van der Waals surface area contributed by atoms with E-state index < -0.39 is 0 Å². The van der Waals surface area contributed by atoms with Crippen LogP contribution in [-0.2, 0) is 11.3 Å². The van der Waals surface area contributed by atoms with Gasteiger partial charge in [0.05, 0.1) is 12.7 Å². The number of hydrogen-bond acceptors (Lipinski definition) is 2. The van der Waals surface area contributed by atoms with Crippen molar-refractivity contribution in [1.82, 2.24) is 0 Å². The van der Waals surface area contributed by atoms with Crippen LogP contribution in [0.5, 0.6) is 0 Å². The third-order valence-corrected chi connectivity index (χ3v) is 3.13. The smallest absolute Gasteiger partial charge is 0.0720 e. The number of aliphatic hydroxyl groups is 1. The fourth-order valence-corrected chi connectivity index (χ4v) is 1.98. The second-order valence-corrected chi connectivity index (χ2v) is 5.87. The topological polar surface area (TPSA) is 29.5 Å². The number of hydrogen-bond donors (Lipinski definition) is 1. The second kappa shape index (κ2) is 7.55. The zero-order valence-corrected chi connectivity index (χ0v) is 11.9. The summed E-state index contributed by atoms with van der Waals surface area (Å²) in [5.41, 5.74) is 1.36. The van der Waals surface area contributed by atoms with Gasteiger partial charge in [0.2, 0.25) is 0 Å². The molecule has 1 atom stereocenters. The number of rotatable bonds is 7. The van der Waals surface area contributed by atoms with Crippen LogP contribution in [0.25, 0.3) is 0 Å². The third-order valence-electron chi connectivity index (χ3n) is 3.13. The van der Waals surface area contributed by atoms with E-state index in [4.69, 9.17) is 9.84 Å². The predicted octanol–water partition coefficient (Wildman–Crippen LogP) is 3.78. The number of aliphatic hydroxyl groups excluding tert-OH is 1. The van der Waals surface area contributed by atoms with Crippen LogP contribution in [0.2, 0.25) is 0 Å². The maximum absolute atomic E-state index is 8.85. The highest BCUT2D eigenvalue weighted by molar-refractivity contribution is 5.13. The van der Waals surface area contributed by atoms with E-state index in [9.17, 15) is 0 Å². The Labute approximate surface area is 111 Å².